The minimum absolute atomic E-state index is 0.168. The first-order valence-electron chi connectivity index (χ1n) is 7.72. The summed E-state index contributed by atoms with van der Waals surface area (Å²) in [5.74, 6) is 1.67. The van der Waals surface area contributed by atoms with Gasteiger partial charge in [-0.1, -0.05) is 0 Å². The minimum atomic E-state index is -0.194. The van der Waals surface area contributed by atoms with E-state index >= 15 is 0 Å². The van der Waals surface area contributed by atoms with Crippen molar-refractivity contribution < 1.29 is 14.3 Å². The van der Waals surface area contributed by atoms with E-state index in [1.165, 1.54) is 18.9 Å². The zero-order valence-electron chi connectivity index (χ0n) is 14.3. The molecule has 1 amide bonds. The summed E-state index contributed by atoms with van der Waals surface area (Å²) < 4.78 is 10.4. The Morgan fingerprint density at radius 2 is 2.08 bits per heavy atom. The van der Waals surface area contributed by atoms with E-state index in [9.17, 15) is 4.79 Å². The highest BCUT2D eigenvalue weighted by molar-refractivity contribution is 7.99. The van der Waals surface area contributed by atoms with Gasteiger partial charge >= 0.3 is 0 Å². The molecule has 2 heterocycles. The number of amides is 1. The van der Waals surface area contributed by atoms with Crippen LogP contribution in [0.25, 0.3) is 11.2 Å². The van der Waals surface area contributed by atoms with Crippen LogP contribution in [-0.2, 0) is 0 Å². The van der Waals surface area contributed by atoms with Gasteiger partial charge in [-0.15, -0.1) is 11.8 Å². The number of nitrogens with zero attached hydrogens (tertiary/aromatic N) is 3. The molecule has 3 rings (SSSR count). The van der Waals surface area contributed by atoms with Crippen LogP contribution in [0.5, 0.6) is 11.5 Å². The van der Waals surface area contributed by atoms with E-state index in [4.69, 9.17) is 15.2 Å². The highest BCUT2D eigenvalue weighted by Crippen LogP contribution is 2.27. The molecular weight excluding hydrogens is 356 g/mol. The third kappa shape index (κ3) is 3.80. The van der Waals surface area contributed by atoms with Gasteiger partial charge in [0.05, 0.1) is 20.5 Å². The summed E-state index contributed by atoms with van der Waals surface area (Å²) in [6.07, 6.45) is 1.54. The number of carbonyl (C=O) groups is 1. The highest BCUT2D eigenvalue weighted by Gasteiger charge is 2.12. The smallest absolute Gasteiger partial charge is 0.251 e. The number of nitrogens with one attached hydrogen (secondary N) is 2. The van der Waals surface area contributed by atoms with E-state index in [1.807, 2.05) is 0 Å². The van der Waals surface area contributed by atoms with Gasteiger partial charge in [0, 0.05) is 17.9 Å². The van der Waals surface area contributed by atoms with Crippen LogP contribution >= 0.6 is 11.8 Å². The Balaban J connectivity index is 1.58. The van der Waals surface area contributed by atoms with E-state index in [0.29, 0.717) is 40.0 Å². The Kier molecular flexibility index (Phi) is 5.42. The molecule has 136 valence electrons. The first kappa shape index (κ1) is 17.8. The van der Waals surface area contributed by atoms with Crippen LogP contribution in [0.15, 0.2) is 29.6 Å². The quantitative estimate of drug-likeness (QED) is 0.322. The maximum Gasteiger partial charge on any atom is 0.251 e. The van der Waals surface area contributed by atoms with E-state index in [2.05, 4.69) is 25.3 Å². The molecule has 3 aromatic rings. The third-order valence-electron chi connectivity index (χ3n) is 3.54. The van der Waals surface area contributed by atoms with Crippen LogP contribution in [0, 0.1) is 0 Å². The summed E-state index contributed by atoms with van der Waals surface area (Å²) in [4.78, 5) is 27.6. The van der Waals surface area contributed by atoms with Gasteiger partial charge in [-0.05, 0) is 18.2 Å². The fraction of sp³-hybridized carbons (Fsp3) is 0.250. The number of aromatic nitrogens is 4. The molecule has 0 radical (unpaired) electrons. The molecule has 9 nitrogen and oxygen atoms in total. The molecule has 0 aliphatic rings. The topological polar surface area (TPSA) is 128 Å². The number of fused-ring (bicyclic) bond motifs is 1. The van der Waals surface area contributed by atoms with E-state index in [0.717, 1.165) is 5.52 Å². The first-order valence-corrected chi connectivity index (χ1v) is 8.70. The summed E-state index contributed by atoms with van der Waals surface area (Å²) in [6.45, 7) is 0.456. The van der Waals surface area contributed by atoms with Crippen molar-refractivity contribution in [3.8, 4) is 11.5 Å². The Morgan fingerprint density at radius 1 is 1.27 bits per heavy atom. The van der Waals surface area contributed by atoms with Crippen LogP contribution in [0.2, 0.25) is 0 Å². The minimum Gasteiger partial charge on any atom is -0.493 e. The van der Waals surface area contributed by atoms with E-state index in [1.54, 1.807) is 31.6 Å². The second-order valence-electron chi connectivity index (χ2n) is 5.16. The van der Waals surface area contributed by atoms with Gasteiger partial charge in [-0.3, -0.25) is 4.79 Å². The number of benzene rings is 1. The number of nitrogen functional groups attached to an aromatic ring is 1. The van der Waals surface area contributed by atoms with Crippen LogP contribution in [0.4, 0.5) is 5.95 Å². The fourth-order valence-corrected chi connectivity index (χ4v) is 3.17. The molecule has 0 unspecified atom stereocenters. The summed E-state index contributed by atoms with van der Waals surface area (Å²) in [6, 6.07) is 5.02. The van der Waals surface area contributed by atoms with Crippen molar-refractivity contribution in [1.29, 1.82) is 0 Å². The van der Waals surface area contributed by atoms with Crippen molar-refractivity contribution in [2.45, 2.75) is 5.03 Å². The maximum absolute atomic E-state index is 12.3. The maximum atomic E-state index is 12.3. The lowest BCUT2D eigenvalue weighted by Gasteiger charge is -2.10. The zero-order valence-corrected chi connectivity index (χ0v) is 15.1. The Bertz CT molecular complexity index is 929. The number of thioether (sulfide) groups is 1. The van der Waals surface area contributed by atoms with Crippen LogP contribution < -0.4 is 20.5 Å². The number of aromatic amines is 1. The average Bonchev–Trinajstić information content (AvgIpc) is 3.12. The normalized spacial score (nSPS) is 10.7. The largest absolute Gasteiger partial charge is 0.493 e. The number of anilines is 1. The number of ether oxygens (including phenoxy) is 2. The lowest BCUT2D eigenvalue weighted by atomic mass is 10.2. The second-order valence-corrected chi connectivity index (χ2v) is 6.25. The number of H-pyrrole nitrogens is 1. The van der Waals surface area contributed by atoms with Gasteiger partial charge < -0.3 is 25.5 Å². The summed E-state index contributed by atoms with van der Waals surface area (Å²) in [7, 11) is 3.07. The molecule has 0 saturated heterocycles. The number of hydrogen-bond donors (Lipinski definition) is 3. The molecule has 0 atom stereocenters. The van der Waals surface area contributed by atoms with Gasteiger partial charge in [0.2, 0.25) is 5.95 Å². The van der Waals surface area contributed by atoms with Crippen molar-refractivity contribution in [3.05, 3.63) is 30.1 Å². The summed E-state index contributed by atoms with van der Waals surface area (Å²) in [5, 5.41) is 3.56. The molecule has 0 bridgehead atoms. The molecule has 2 aromatic heterocycles. The van der Waals surface area contributed by atoms with Gasteiger partial charge in [0.15, 0.2) is 17.1 Å². The molecule has 0 aliphatic carbocycles. The molecule has 0 aliphatic heterocycles. The van der Waals surface area contributed by atoms with E-state index in [-0.39, 0.29) is 11.9 Å². The van der Waals surface area contributed by atoms with Crippen molar-refractivity contribution in [2.24, 2.45) is 0 Å². The van der Waals surface area contributed by atoms with Crippen molar-refractivity contribution in [2.75, 3.05) is 32.3 Å². The van der Waals surface area contributed by atoms with Crippen LogP contribution in [0.3, 0.4) is 0 Å². The number of hydrogen-bond acceptors (Lipinski definition) is 8. The number of nitrogens with two attached hydrogens (primary N) is 1. The monoisotopic (exact) mass is 374 g/mol. The Morgan fingerprint density at radius 3 is 2.85 bits per heavy atom. The zero-order chi connectivity index (χ0) is 18.5. The fourth-order valence-electron chi connectivity index (χ4n) is 2.32. The SMILES string of the molecule is COc1ccc(C(=O)NCCSc2nc(N)nc3nc[nH]c23)cc1OC. The molecule has 0 spiro atoms. The average molecular weight is 374 g/mol. The number of rotatable bonds is 7. The second kappa shape index (κ2) is 7.91. The Hall–Kier alpha value is -3.01. The van der Waals surface area contributed by atoms with Crippen LogP contribution in [0.1, 0.15) is 10.4 Å². The van der Waals surface area contributed by atoms with Gasteiger partial charge in [-0.2, -0.15) is 4.98 Å². The number of imidazole rings is 1. The highest BCUT2D eigenvalue weighted by atomic mass is 32.2. The summed E-state index contributed by atoms with van der Waals surface area (Å²) >= 11 is 1.46. The predicted molar refractivity (Wildman–Crippen MR) is 98.7 cm³/mol. The molecule has 4 N–H and O–H groups in total. The lowest BCUT2D eigenvalue weighted by molar-refractivity contribution is 0.0955. The van der Waals surface area contributed by atoms with Gasteiger partial charge in [-0.25, -0.2) is 9.97 Å². The van der Waals surface area contributed by atoms with Crippen molar-refractivity contribution in [1.82, 2.24) is 25.3 Å². The van der Waals surface area contributed by atoms with Gasteiger partial charge in [0.25, 0.3) is 5.91 Å². The number of methoxy groups -OCH3 is 2. The molecule has 10 heteroatoms. The first-order chi connectivity index (χ1) is 12.6. The van der Waals surface area contributed by atoms with Gasteiger partial charge in [0.1, 0.15) is 10.5 Å². The predicted octanol–water partition coefficient (Wildman–Crippen LogP) is 1.47. The molecule has 0 fully saturated rings. The standard InChI is InChI=1S/C16H18N6O3S/c1-24-10-4-3-9(7-11(10)25-2)14(23)18-5-6-26-15-12-13(20-8-19-12)21-16(17)22-15/h3-4,7-8H,5-6H2,1-2H3,(H,18,23)(H3,17,19,20,21,22). The molecule has 1 aromatic carbocycles. The third-order valence-corrected chi connectivity index (χ3v) is 4.52. The number of carbonyl (C=O) groups excluding carboxylic acids is 1. The van der Waals surface area contributed by atoms with Crippen molar-refractivity contribution in [3.63, 3.8) is 0 Å². The van der Waals surface area contributed by atoms with Crippen molar-refractivity contribution >= 4 is 34.8 Å². The van der Waals surface area contributed by atoms with E-state index < -0.39 is 0 Å². The lowest BCUT2D eigenvalue weighted by Crippen LogP contribution is -2.25. The summed E-state index contributed by atoms with van der Waals surface area (Å²) in [5.41, 5.74) is 7.43. The molecule has 0 saturated carbocycles. The van der Waals surface area contributed by atoms with Crippen LogP contribution in [-0.4, -0.2) is 52.4 Å². The Labute approximate surface area is 153 Å². The molecule has 26 heavy (non-hydrogen) atoms. The molecular formula is C16H18N6O3S.